The van der Waals surface area contributed by atoms with Gasteiger partial charge in [-0.3, -0.25) is 0 Å². The first-order chi connectivity index (χ1) is 4.77. The summed E-state index contributed by atoms with van der Waals surface area (Å²) in [4.78, 5) is 0. The molecule has 0 amide bonds. The number of aliphatic hydroxyl groups is 5. The summed E-state index contributed by atoms with van der Waals surface area (Å²) in [6.45, 7) is 1.66. The molecule has 11 heavy (non-hydrogen) atoms. The Morgan fingerprint density at radius 1 is 1.09 bits per heavy atom. The Balaban J connectivity index is 3.91. The quantitative estimate of drug-likeness (QED) is 0.260. The van der Waals surface area contributed by atoms with Gasteiger partial charge >= 0.3 is 6.10 Å². The molecule has 0 rings (SSSR count). The predicted molar refractivity (Wildman–Crippen MR) is 34.6 cm³/mol. The molecule has 68 valence electrons. The Kier molecular flexibility index (Phi) is 3.36. The molecule has 0 aromatic carbocycles. The zero-order chi connectivity index (χ0) is 9.12. The van der Waals surface area contributed by atoms with Gasteiger partial charge in [0.25, 0.3) is 0 Å². The maximum absolute atomic E-state index is 8.81. The van der Waals surface area contributed by atoms with E-state index in [-0.39, 0.29) is 6.42 Å². The lowest BCUT2D eigenvalue weighted by molar-refractivity contribution is -0.379. The summed E-state index contributed by atoms with van der Waals surface area (Å²) in [5.74, 6) is -2.47. The van der Waals surface area contributed by atoms with Gasteiger partial charge in [-0.25, -0.2) is 0 Å². The van der Waals surface area contributed by atoms with E-state index in [0.717, 1.165) is 0 Å². The van der Waals surface area contributed by atoms with Crippen molar-refractivity contribution in [1.29, 1.82) is 0 Å². The summed E-state index contributed by atoms with van der Waals surface area (Å²) in [7, 11) is 0. The van der Waals surface area contributed by atoms with Crippen molar-refractivity contribution >= 4 is 0 Å². The van der Waals surface area contributed by atoms with Crippen LogP contribution < -0.4 is 5.32 Å². The Morgan fingerprint density at radius 2 is 1.55 bits per heavy atom. The Morgan fingerprint density at radius 3 is 1.82 bits per heavy atom. The highest BCUT2D eigenvalue weighted by Gasteiger charge is 2.32. The van der Waals surface area contributed by atoms with Gasteiger partial charge in [-0.1, -0.05) is 6.92 Å². The van der Waals surface area contributed by atoms with E-state index in [1.165, 1.54) is 5.32 Å². The van der Waals surface area contributed by atoms with Gasteiger partial charge in [-0.2, -0.15) is 5.32 Å². The van der Waals surface area contributed by atoms with Crippen LogP contribution in [0.1, 0.15) is 19.8 Å². The summed E-state index contributed by atoms with van der Waals surface area (Å²) in [5.41, 5.74) is 0. The molecule has 0 bridgehead atoms. The van der Waals surface area contributed by atoms with Gasteiger partial charge in [0.1, 0.15) is 0 Å². The minimum absolute atomic E-state index is 0.129. The van der Waals surface area contributed by atoms with Gasteiger partial charge in [0, 0.05) is 6.42 Å². The van der Waals surface area contributed by atoms with Crippen LogP contribution in [0.4, 0.5) is 0 Å². The molecule has 0 fully saturated rings. The molecule has 0 spiro atoms. The second kappa shape index (κ2) is 3.44. The van der Waals surface area contributed by atoms with E-state index in [2.05, 4.69) is 0 Å². The van der Waals surface area contributed by atoms with Gasteiger partial charge < -0.3 is 25.5 Å². The zero-order valence-corrected chi connectivity index (χ0v) is 6.15. The van der Waals surface area contributed by atoms with E-state index in [1.54, 1.807) is 6.92 Å². The maximum Gasteiger partial charge on any atom is 0.347 e. The van der Waals surface area contributed by atoms with Crippen LogP contribution in [-0.2, 0) is 0 Å². The molecule has 6 nitrogen and oxygen atoms in total. The third-order valence-corrected chi connectivity index (χ3v) is 0.967. The molecular formula is C5H13NO5. The van der Waals surface area contributed by atoms with Crippen LogP contribution in [0.2, 0.25) is 0 Å². The SMILES string of the molecule is CCCC(O)(O)NC(O)(O)O. The molecule has 0 aliphatic carbocycles. The van der Waals surface area contributed by atoms with Crippen molar-refractivity contribution in [2.45, 2.75) is 31.8 Å². The molecule has 6 heteroatoms. The lowest BCUT2D eigenvalue weighted by Gasteiger charge is -2.27. The van der Waals surface area contributed by atoms with Crippen molar-refractivity contribution in [2.24, 2.45) is 0 Å². The van der Waals surface area contributed by atoms with Crippen molar-refractivity contribution in [3.63, 3.8) is 0 Å². The molecule has 0 saturated carbocycles. The molecule has 0 aliphatic heterocycles. The van der Waals surface area contributed by atoms with Crippen molar-refractivity contribution in [3.05, 3.63) is 0 Å². The lowest BCUT2D eigenvalue weighted by atomic mass is 10.2. The average Bonchev–Trinajstić information content (AvgIpc) is 1.55. The van der Waals surface area contributed by atoms with Crippen molar-refractivity contribution in [3.8, 4) is 0 Å². The molecule has 0 aromatic rings. The topological polar surface area (TPSA) is 113 Å². The summed E-state index contributed by atoms with van der Waals surface area (Å²) >= 11 is 0. The van der Waals surface area contributed by atoms with Gasteiger partial charge in [-0.05, 0) is 6.42 Å². The van der Waals surface area contributed by atoms with Gasteiger partial charge in [-0.15, -0.1) is 0 Å². The van der Waals surface area contributed by atoms with E-state index < -0.39 is 12.0 Å². The summed E-state index contributed by atoms with van der Waals surface area (Å²) in [5, 5.41) is 43.8. The zero-order valence-electron chi connectivity index (χ0n) is 6.15. The lowest BCUT2D eigenvalue weighted by Crippen LogP contribution is -2.58. The molecule has 0 unspecified atom stereocenters. The van der Waals surface area contributed by atoms with Crippen LogP contribution in [0, 0.1) is 0 Å². The fourth-order valence-electron chi connectivity index (χ4n) is 0.680. The standard InChI is InChI=1S/C5H13NO5/c1-2-3-4(7,8)6-5(9,10)11/h6-11H,2-3H2,1H3. The van der Waals surface area contributed by atoms with Gasteiger partial charge in [0.05, 0.1) is 0 Å². The molecule has 0 atom stereocenters. The second-order valence-corrected chi connectivity index (χ2v) is 2.33. The fraction of sp³-hybridized carbons (Fsp3) is 1.00. The van der Waals surface area contributed by atoms with Crippen LogP contribution in [0.25, 0.3) is 0 Å². The van der Waals surface area contributed by atoms with Crippen LogP contribution in [0.15, 0.2) is 0 Å². The first-order valence-electron chi connectivity index (χ1n) is 3.18. The molecule has 6 N–H and O–H groups in total. The minimum Gasteiger partial charge on any atom is -0.353 e. The second-order valence-electron chi connectivity index (χ2n) is 2.33. The number of hydrogen-bond acceptors (Lipinski definition) is 6. The molecule has 0 saturated heterocycles. The molecular weight excluding hydrogens is 154 g/mol. The summed E-state index contributed by atoms with van der Waals surface area (Å²) < 4.78 is 0. The van der Waals surface area contributed by atoms with Crippen LogP contribution in [0.5, 0.6) is 0 Å². The van der Waals surface area contributed by atoms with Crippen LogP contribution in [0.3, 0.4) is 0 Å². The molecule has 0 aliphatic rings. The Labute approximate surface area is 63.7 Å². The fourth-order valence-corrected chi connectivity index (χ4v) is 0.680. The van der Waals surface area contributed by atoms with E-state index in [9.17, 15) is 0 Å². The third-order valence-electron chi connectivity index (χ3n) is 0.967. The number of rotatable bonds is 4. The first kappa shape index (κ1) is 10.8. The number of hydrogen-bond donors (Lipinski definition) is 6. The highest BCUT2D eigenvalue weighted by atomic mass is 16.7. The third kappa shape index (κ3) is 6.17. The van der Waals surface area contributed by atoms with E-state index in [1.807, 2.05) is 0 Å². The normalized spacial score (nSPS) is 13.6. The molecule has 0 aromatic heterocycles. The Hall–Kier alpha value is -0.240. The minimum atomic E-state index is -3.27. The average molecular weight is 167 g/mol. The van der Waals surface area contributed by atoms with Crippen LogP contribution in [-0.4, -0.2) is 37.5 Å². The highest BCUT2D eigenvalue weighted by molar-refractivity contribution is 4.61. The van der Waals surface area contributed by atoms with Gasteiger partial charge in [0.15, 0.2) is 0 Å². The van der Waals surface area contributed by atoms with E-state index in [4.69, 9.17) is 25.5 Å². The smallest absolute Gasteiger partial charge is 0.347 e. The van der Waals surface area contributed by atoms with Crippen molar-refractivity contribution in [1.82, 2.24) is 5.32 Å². The van der Waals surface area contributed by atoms with Gasteiger partial charge in [0.2, 0.25) is 5.91 Å². The van der Waals surface area contributed by atoms with E-state index >= 15 is 0 Å². The monoisotopic (exact) mass is 167 g/mol. The summed E-state index contributed by atoms with van der Waals surface area (Å²) in [6, 6.07) is 0. The first-order valence-corrected chi connectivity index (χ1v) is 3.18. The molecule has 0 radical (unpaired) electrons. The number of nitrogens with one attached hydrogen (secondary N) is 1. The highest BCUT2D eigenvalue weighted by Crippen LogP contribution is 2.06. The predicted octanol–water partition coefficient (Wildman–Crippen LogP) is -2.40. The molecule has 0 heterocycles. The maximum atomic E-state index is 8.81. The Bertz CT molecular complexity index is 119. The van der Waals surface area contributed by atoms with Crippen molar-refractivity contribution < 1.29 is 25.5 Å². The van der Waals surface area contributed by atoms with Crippen LogP contribution >= 0.6 is 0 Å². The summed E-state index contributed by atoms with van der Waals surface area (Å²) in [6.07, 6.45) is -2.98. The van der Waals surface area contributed by atoms with Crippen molar-refractivity contribution in [2.75, 3.05) is 0 Å². The largest absolute Gasteiger partial charge is 0.353 e. The van der Waals surface area contributed by atoms with E-state index in [0.29, 0.717) is 6.42 Å².